The summed E-state index contributed by atoms with van der Waals surface area (Å²) in [5.74, 6) is 1.17. The molecule has 9 heteroatoms. The Bertz CT molecular complexity index is 654. The summed E-state index contributed by atoms with van der Waals surface area (Å²) in [7, 11) is 3.90. The maximum absolute atomic E-state index is 12.9. The first-order chi connectivity index (χ1) is 10.8. The molecular weight excluding hydrogens is 327 g/mol. The molecule has 0 bridgehead atoms. The fourth-order valence-corrected chi connectivity index (χ4v) is 3.00. The van der Waals surface area contributed by atoms with Gasteiger partial charge in [-0.15, -0.1) is 10.2 Å². The van der Waals surface area contributed by atoms with Gasteiger partial charge < -0.3 is 10.6 Å². The molecule has 126 valence electrons. The van der Waals surface area contributed by atoms with Crippen LogP contribution in [0, 0.1) is 0 Å². The number of nitrogens with two attached hydrogens (primary N) is 1. The van der Waals surface area contributed by atoms with Crippen molar-refractivity contribution in [3.63, 3.8) is 0 Å². The molecule has 0 spiro atoms. The largest absolute Gasteiger partial charge is 0.416 e. The molecule has 1 aromatic carbocycles. The molecule has 1 aromatic heterocycles. The number of benzene rings is 1. The van der Waals surface area contributed by atoms with Crippen LogP contribution >= 0.6 is 11.8 Å². The van der Waals surface area contributed by atoms with E-state index in [9.17, 15) is 13.2 Å². The van der Waals surface area contributed by atoms with E-state index >= 15 is 0 Å². The van der Waals surface area contributed by atoms with Gasteiger partial charge in [0.05, 0.1) is 17.8 Å². The maximum Gasteiger partial charge on any atom is 0.416 e. The summed E-state index contributed by atoms with van der Waals surface area (Å²) in [6.45, 7) is 0.912. The maximum atomic E-state index is 12.9. The highest BCUT2D eigenvalue weighted by Gasteiger charge is 2.30. The second kappa shape index (κ2) is 7.33. The smallest absolute Gasteiger partial charge is 0.324 e. The lowest BCUT2D eigenvalue weighted by Gasteiger charge is -2.13. The predicted molar refractivity (Wildman–Crippen MR) is 83.5 cm³/mol. The Kier molecular flexibility index (Phi) is 5.66. The molecule has 1 heterocycles. The second-order valence-corrected chi connectivity index (χ2v) is 6.20. The summed E-state index contributed by atoms with van der Waals surface area (Å²) in [5.41, 5.74) is 5.29. The van der Waals surface area contributed by atoms with Gasteiger partial charge in [0, 0.05) is 12.3 Å². The second-order valence-electron chi connectivity index (χ2n) is 5.14. The van der Waals surface area contributed by atoms with Crippen LogP contribution in [0.2, 0.25) is 0 Å². The zero-order valence-corrected chi connectivity index (χ0v) is 13.7. The summed E-state index contributed by atoms with van der Waals surface area (Å²) in [5, 5.41) is 8.56. The molecule has 2 N–H and O–H groups in total. The lowest BCUT2D eigenvalue weighted by Crippen LogP contribution is -2.15. The molecule has 23 heavy (non-hydrogen) atoms. The first-order valence-electron chi connectivity index (χ1n) is 6.92. The molecule has 2 rings (SSSR count). The van der Waals surface area contributed by atoms with Gasteiger partial charge in [-0.2, -0.15) is 13.2 Å². The Labute approximate surface area is 136 Å². The molecule has 0 unspecified atom stereocenters. The number of thioether (sulfide) groups is 1. The van der Waals surface area contributed by atoms with Crippen LogP contribution in [-0.4, -0.2) is 46.1 Å². The molecule has 0 radical (unpaired) electrons. The lowest BCUT2D eigenvalue weighted by atomic mass is 10.2. The molecule has 0 saturated heterocycles. The molecule has 2 aromatic rings. The third-order valence-corrected chi connectivity index (χ3v) is 3.99. The number of nitrogens with zero attached hydrogens (tertiary/aromatic N) is 4. The van der Waals surface area contributed by atoms with Crippen molar-refractivity contribution in [2.24, 2.45) is 5.73 Å². The SMILES string of the molecule is CN(C)CCSc1nnc(CN)n1-c1cccc(C(F)(F)F)c1. The highest BCUT2D eigenvalue weighted by molar-refractivity contribution is 7.99. The molecule has 0 atom stereocenters. The molecular formula is C14H18F3N5S. The van der Waals surface area contributed by atoms with E-state index in [1.54, 1.807) is 10.6 Å². The molecule has 0 saturated carbocycles. The highest BCUT2D eigenvalue weighted by Crippen LogP contribution is 2.31. The van der Waals surface area contributed by atoms with Crippen molar-refractivity contribution in [2.45, 2.75) is 17.9 Å². The van der Waals surface area contributed by atoms with Crippen molar-refractivity contribution in [2.75, 3.05) is 26.4 Å². The summed E-state index contributed by atoms with van der Waals surface area (Å²) in [6, 6.07) is 5.08. The van der Waals surface area contributed by atoms with Crippen molar-refractivity contribution in [1.82, 2.24) is 19.7 Å². The van der Waals surface area contributed by atoms with Crippen molar-refractivity contribution in [3.8, 4) is 5.69 Å². The number of aromatic nitrogens is 3. The fraction of sp³-hybridized carbons (Fsp3) is 0.429. The summed E-state index contributed by atoms with van der Waals surface area (Å²) < 4.78 is 40.3. The van der Waals surface area contributed by atoms with Crippen molar-refractivity contribution < 1.29 is 13.2 Å². The van der Waals surface area contributed by atoms with Crippen molar-refractivity contribution in [1.29, 1.82) is 0 Å². The highest BCUT2D eigenvalue weighted by atomic mass is 32.2. The van der Waals surface area contributed by atoms with Gasteiger partial charge in [-0.3, -0.25) is 4.57 Å². The molecule has 0 fully saturated rings. The van der Waals surface area contributed by atoms with Gasteiger partial charge in [0.2, 0.25) is 0 Å². The van der Waals surface area contributed by atoms with Gasteiger partial charge in [0.1, 0.15) is 0 Å². The number of alkyl halides is 3. The number of rotatable bonds is 6. The molecule has 0 aliphatic rings. The van der Waals surface area contributed by atoms with Gasteiger partial charge in [0.15, 0.2) is 11.0 Å². The number of halogens is 3. The quantitative estimate of drug-likeness (QED) is 0.815. The van der Waals surface area contributed by atoms with E-state index in [0.717, 1.165) is 24.4 Å². The predicted octanol–water partition coefficient (Wildman–Crippen LogP) is 2.40. The van der Waals surface area contributed by atoms with Crippen LogP contribution in [0.1, 0.15) is 11.4 Å². The minimum Gasteiger partial charge on any atom is -0.324 e. The average Bonchev–Trinajstić information content (AvgIpc) is 2.89. The zero-order chi connectivity index (χ0) is 17.0. The van der Waals surface area contributed by atoms with Gasteiger partial charge in [0.25, 0.3) is 0 Å². The van der Waals surface area contributed by atoms with Crippen LogP contribution in [0.15, 0.2) is 29.4 Å². The summed E-state index contributed by atoms with van der Waals surface area (Å²) >= 11 is 1.43. The van der Waals surface area contributed by atoms with Gasteiger partial charge in [-0.25, -0.2) is 0 Å². The van der Waals surface area contributed by atoms with E-state index in [2.05, 4.69) is 10.2 Å². The first-order valence-corrected chi connectivity index (χ1v) is 7.91. The van der Waals surface area contributed by atoms with Crippen LogP contribution in [0.3, 0.4) is 0 Å². The minimum atomic E-state index is -4.40. The van der Waals surface area contributed by atoms with Crippen LogP contribution in [0.25, 0.3) is 5.69 Å². The van der Waals surface area contributed by atoms with E-state index in [0.29, 0.717) is 16.7 Å². The molecule has 0 aliphatic carbocycles. The fourth-order valence-electron chi connectivity index (χ4n) is 1.93. The Morgan fingerprint density at radius 2 is 2.00 bits per heavy atom. The third-order valence-electron chi connectivity index (χ3n) is 3.08. The van der Waals surface area contributed by atoms with E-state index in [4.69, 9.17) is 5.73 Å². The normalized spacial score (nSPS) is 12.1. The van der Waals surface area contributed by atoms with Gasteiger partial charge in [-0.1, -0.05) is 17.8 Å². The average molecular weight is 345 g/mol. The van der Waals surface area contributed by atoms with E-state index in [1.807, 2.05) is 19.0 Å². The Morgan fingerprint density at radius 1 is 1.26 bits per heavy atom. The van der Waals surface area contributed by atoms with Crippen LogP contribution < -0.4 is 5.73 Å². The Morgan fingerprint density at radius 3 is 2.61 bits per heavy atom. The minimum absolute atomic E-state index is 0.0947. The van der Waals surface area contributed by atoms with Crippen LogP contribution in [-0.2, 0) is 12.7 Å². The number of hydrogen-bond donors (Lipinski definition) is 1. The standard InChI is InChI=1S/C14H18F3N5S/c1-21(2)6-7-23-13-20-19-12(9-18)22(13)11-5-3-4-10(8-11)14(15,16)17/h3-5,8H,6-7,9,18H2,1-2H3. The Hall–Kier alpha value is -1.58. The van der Waals surface area contributed by atoms with Crippen LogP contribution in [0.5, 0.6) is 0 Å². The van der Waals surface area contributed by atoms with Gasteiger partial charge in [-0.05, 0) is 32.3 Å². The Balaban J connectivity index is 2.36. The summed E-state index contributed by atoms with van der Waals surface area (Å²) in [6.07, 6.45) is -4.40. The van der Waals surface area contributed by atoms with Crippen LogP contribution in [0.4, 0.5) is 13.2 Å². The first kappa shape index (κ1) is 17.8. The monoisotopic (exact) mass is 345 g/mol. The topological polar surface area (TPSA) is 60.0 Å². The molecule has 5 nitrogen and oxygen atoms in total. The summed E-state index contributed by atoms with van der Waals surface area (Å²) in [4.78, 5) is 2.02. The van der Waals surface area contributed by atoms with Crippen molar-refractivity contribution >= 4 is 11.8 Å². The molecule has 0 aliphatic heterocycles. The van der Waals surface area contributed by atoms with Gasteiger partial charge >= 0.3 is 6.18 Å². The zero-order valence-electron chi connectivity index (χ0n) is 12.8. The number of hydrogen-bond acceptors (Lipinski definition) is 5. The lowest BCUT2D eigenvalue weighted by molar-refractivity contribution is -0.137. The van der Waals surface area contributed by atoms with Crippen molar-refractivity contribution in [3.05, 3.63) is 35.7 Å². The molecule has 0 amide bonds. The van der Waals surface area contributed by atoms with E-state index in [1.165, 1.54) is 17.8 Å². The van der Waals surface area contributed by atoms with E-state index in [-0.39, 0.29) is 6.54 Å². The van der Waals surface area contributed by atoms with E-state index < -0.39 is 11.7 Å². The third kappa shape index (κ3) is 4.46.